The van der Waals surface area contributed by atoms with Crippen molar-refractivity contribution in [2.24, 2.45) is 0 Å². The van der Waals surface area contributed by atoms with Crippen LogP contribution in [0.25, 0.3) is 11.2 Å². The van der Waals surface area contributed by atoms with Gasteiger partial charge in [0, 0.05) is 12.3 Å². The second kappa shape index (κ2) is 4.10. The minimum atomic E-state index is 0.690. The zero-order valence-corrected chi connectivity index (χ0v) is 9.36. The number of thioether (sulfide) groups is 1. The molecule has 2 rings (SSSR count). The van der Waals surface area contributed by atoms with Gasteiger partial charge in [0.25, 0.3) is 0 Å². The summed E-state index contributed by atoms with van der Waals surface area (Å²) < 4.78 is 2.74. The van der Waals surface area contributed by atoms with Crippen LogP contribution in [-0.4, -0.2) is 31.5 Å². The molecule has 2 heterocycles. The second-order valence-corrected chi connectivity index (χ2v) is 4.21. The number of hydrogen-bond acceptors (Lipinski definition) is 4. The molecule has 2 aromatic heterocycles. The van der Waals surface area contributed by atoms with Crippen molar-refractivity contribution in [3.8, 4) is 0 Å². The van der Waals surface area contributed by atoms with E-state index in [0.29, 0.717) is 5.65 Å². The molecule has 2 aromatic rings. The molecule has 6 heteroatoms. The molecule has 0 amide bonds. The average molecular weight is 226 g/mol. The first-order valence-corrected chi connectivity index (χ1v) is 6.00. The quantitative estimate of drug-likeness (QED) is 0.811. The van der Waals surface area contributed by atoms with Gasteiger partial charge in [0.15, 0.2) is 5.65 Å². The Hall–Kier alpha value is -0.880. The second-order valence-electron chi connectivity index (χ2n) is 2.84. The molecule has 74 valence electrons. The Kier molecular flexibility index (Phi) is 2.83. The summed E-state index contributed by atoms with van der Waals surface area (Å²) in [6, 6.07) is 0. The lowest BCUT2D eigenvalue weighted by molar-refractivity contribution is 0.740. The number of rotatable bonds is 3. The molecule has 0 saturated heterocycles. The van der Waals surface area contributed by atoms with Crippen molar-refractivity contribution < 1.29 is 0 Å². The van der Waals surface area contributed by atoms with Crippen LogP contribution >= 0.6 is 24.0 Å². The Morgan fingerprint density at radius 2 is 2.43 bits per heavy atom. The van der Waals surface area contributed by atoms with Gasteiger partial charge in [-0.2, -0.15) is 11.8 Å². The van der Waals surface area contributed by atoms with E-state index in [4.69, 9.17) is 12.2 Å². The van der Waals surface area contributed by atoms with Crippen LogP contribution in [0.4, 0.5) is 0 Å². The number of fused-ring (bicyclic) bond motifs is 1. The van der Waals surface area contributed by atoms with Gasteiger partial charge in [-0.3, -0.25) is 0 Å². The van der Waals surface area contributed by atoms with E-state index >= 15 is 0 Å². The summed E-state index contributed by atoms with van der Waals surface area (Å²) in [6.45, 7) is 0.891. The molecule has 0 atom stereocenters. The van der Waals surface area contributed by atoms with Crippen LogP contribution in [0.15, 0.2) is 12.7 Å². The third-order valence-corrected chi connectivity index (χ3v) is 2.98. The lowest BCUT2D eigenvalue weighted by atomic mass is 10.5. The van der Waals surface area contributed by atoms with Crippen LogP contribution < -0.4 is 0 Å². The van der Waals surface area contributed by atoms with Gasteiger partial charge in [-0.1, -0.05) is 12.2 Å². The fourth-order valence-corrected chi connectivity index (χ4v) is 1.88. The highest BCUT2D eigenvalue weighted by Crippen LogP contribution is 2.08. The van der Waals surface area contributed by atoms with Crippen LogP contribution in [-0.2, 0) is 6.54 Å². The Labute approximate surface area is 90.8 Å². The zero-order valence-electron chi connectivity index (χ0n) is 7.73. The number of aromatic amines is 1. The number of H-pyrrole nitrogens is 1. The van der Waals surface area contributed by atoms with Crippen LogP contribution in [0.1, 0.15) is 0 Å². The maximum Gasteiger partial charge on any atom is 0.181 e. The third kappa shape index (κ3) is 1.67. The standard InChI is InChI=1S/C8H10N4S2/c1-14-3-2-12-5-11-7-6(8(12)13)9-4-10-7/h4-5H,2-3H2,1H3,(H,9,10). The van der Waals surface area contributed by atoms with Crippen molar-refractivity contribution in [3.05, 3.63) is 17.3 Å². The number of hydrogen-bond donors (Lipinski definition) is 1. The summed E-state index contributed by atoms with van der Waals surface area (Å²) in [5, 5.41) is 0. The molecule has 1 N–H and O–H groups in total. The van der Waals surface area contributed by atoms with Crippen LogP contribution in [0.2, 0.25) is 0 Å². The van der Waals surface area contributed by atoms with Crippen molar-refractivity contribution >= 4 is 35.1 Å². The molecule has 0 aromatic carbocycles. The highest BCUT2D eigenvalue weighted by Gasteiger charge is 2.01. The fraction of sp³-hybridized carbons (Fsp3) is 0.375. The van der Waals surface area contributed by atoms with Crippen molar-refractivity contribution in [1.29, 1.82) is 0 Å². The van der Waals surface area contributed by atoms with Gasteiger partial charge in [-0.05, 0) is 6.26 Å². The summed E-state index contributed by atoms with van der Waals surface area (Å²) in [6.07, 6.45) is 5.44. The molecule has 0 bridgehead atoms. The van der Waals surface area contributed by atoms with Crippen LogP contribution in [0.5, 0.6) is 0 Å². The van der Waals surface area contributed by atoms with Gasteiger partial charge in [-0.15, -0.1) is 0 Å². The van der Waals surface area contributed by atoms with E-state index in [-0.39, 0.29) is 0 Å². The van der Waals surface area contributed by atoms with Gasteiger partial charge >= 0.3 is 0 Å². The van der Waals surface area contributed by atoms with E-state index in [2.05, 4.69) is 21.2 Å². The predicted octanol–water partition coefficient (Wildman–Crippen LogP) is 1.85. The minimum absolute atomic E-state index is 0.690. The van der Waals surface area contributed by atoms with Gasteiger partial charge in [0.2, 0.25) is 0 Å². The maximum absolute atomic E-state index is 5.30. The molecule has 0 saturated carbocycles. The Morgan fingerprint density at radius 1 is 1.57 bits per heavy atom. The summed E-state index contributed by atoms with van der Waals surface area (Å²) in [5.41, 5.74) is 1.54. The molecule has 0 aliphatic heterocycles. The molecule has 0 unspecified atom stereocenters. The average Bonchev–Trinajstić information content (AvgIpc) is 2.66. The van der Waals surface area contributed by atoms with E-state index in [1.165, 1.54) is 0 Å². The lowest BCUT2D eigenvalue weighted by Gasteiger charge is -2.04. The first-order valence-electron chi connectivity index (χ1n) is 4.20. The summed E-state index contributed by atoms with van der Waals surface area (Å²) in [5.74, 6) is 1.04. The topological polar surface area (TPSA) is 46.5 Å². The highest BCUT2D eigenvalue weighted by atomic mass is 32.2. The Morgan fingerprint density at radius 3 is 3.21 bits per heavy atom. The first kappa shape index (κ1) is 9.67. The summed E-state index contributed by atoms with van der Waals surface area (Å²) >= 11 is 7.10. The fourth-order valence-electron chi connectivity index (χ4n) is 1.21. The van der Waals surface area contributed by atoms with Crippen molar-refractivity contribution in [2.75, 3.05) is 12.0 Å². The van der Waals surface area contributed by atoms with E-state index in [0.717, 1.165) is 22.5 Å². The molecule has 0 spiro atoms. The van der Waals surface area contributed by atoms with Gasteiger partial charge in [0.1, 0.15) is 10.2 Å². The van der Waals surface area contributed by atoms with E-state index in [1.54, 1.807) is 24.4 Å². The number of aromatic nitrogens is 4. The molecule has 0 fully saturated rings. The predicted molar refractivity (Wildman–Crippen MR) is 61.1 cm³/mol. The number of nitrogens with zero attached hydrogens (tertiary/aromatic N) is 3. The van der Waals surface area contributed by atoms with Crippen LogP contribution in [0, 0.1) is 4.64 Å². The van der Waals surface area contributed by atoms with Crippen molar-refractivity contribution in [1.82, 2.24) is 19.5 Å². The number of imidazole rings is 1. The maximum atomic E-state index is 5.30. The smallest absolute Gasteiger partial charge is 0.181 e. The van der Waals surface area contributed by atoms with Crippen molar-refractivity contribution in [3.63, 3.8) is 0 Å². The van der Waals surface area contributed by atoms with Gasteiger partial charge in [0.05, 0.1) is 12.7 Å². The largest absolute Gasteiger partial charge is 0.341 e. The highest BCUT2D eigenvalue weighted by molar-refractivity contribution is 7.98. The zero-order chi connectivity index (χ0) is 9.97. The van der Waals surface area contributed by atoms with E-state index < -0.39 is 0 Å². The molecule has 0 aliphatic rings. The molecular formula is C8H10N4S2. The minimum Gasteiger partial charge on any atom is -0.341 e. The molecule has 0 radical (unpaired) electrons. The van der Waals surface area contributed by atoms with Gasteiger partial charge < -0.3 is 9.55 Å². The SMILES string of the molecule is CSCCn1cnc2nc[nH]c2c1=S. The first-order chi connectivity index (χ1) is 6.83. The molecular weight excluding hydrogens is 216 g/mol. The third-order valence-electron chi connectivity index (χ3n) is 1.95. The van der Waals surface area contributed by atoms with E-state index in [9.17, 15) is 0 Å². The Bertz CT molecular complexity index is 487. The normalized spacial score (nSPS) is 10.9. The molecule has 14 heavy (non-hydrogen) atoms. The van der Waals surface area contributed by atoms with E-state index in [1.807, 2.05) is 4.57 Å². The van der Waals surface area contributed by atoms with Crippen LogP contribution in [0.3, 0.4) is 0 Å². The monoisotopic (exact) mass is 226 g/mol. The lowest BCUT2D eigenvalue weighted by Crippen LogP contribution is -2.03. The Balaban J connectivity index is 2.46. The summed E-state index contributed by atoms with van der Waals surface area (Å²) in [4.78, 5) is 11.2. The number of nitrogens with one attached hydrogen (secondary N) is 1. The number of aryl methyl sites for hydroxylation is 1. The molecule has 0 aliphatic carbocycles. The van der Waals surface area contributed by atoms with Crippen molar-refractivity contribution in [2.45, 2.75) is 6.54 Å². The summed E-state index contributed by atoms with van der Waals surface area (Å²) in [7, 11) is 0. The van der Waals surface area contributed by atoms with Gasteiger partial charge in [-0.25, -0.2) is 9.97 Å². The molecule has 4 nitrogen and oxygen atoms in total.